The third kappa shape index (κ3) is 8.42. The van der Waals surface area contributed by atoms with Crippen LogP contribution in [-0.2, 0) is 14.3 Å². The van der Waals surface area contributed by atoms with Crippen molar-refractivity contribution in [2.24, 2.45) is 0 Å². The van der Waals surface area contributed by atoms with Crippen LogP contribution in [-0.4, -0.2) is 29.6 Å². The molecule has 0 bridgehead atoms. The van der Waals surface area contributed by atoms with E-state index in [-0.39, 0.29) is 12.5 Å². The van der Waals surface area contributed by atoms with Crippen molar-refractivity contribution in [3.05, 3.63) is 0 Å². The molecule has 1 fully saturated rings. The molecule has 0 aliphatic carbocycles. The molecule has 1 heterocycles. The summed E-state index contributed by atoms with van der Waals surface area (Å²) in [5.74, 6) is -1.49. The van der Waals surface area contributed by atoms with Gasteiger partial charge in [-0.05, 0) is 13.3 Å². The molecule has 1 saturated heterocycles. The minimum absolute atomic E-state index is 0.0982. The quantitative estimate of drug-likeness (QED) is 0.539. The maximum Gasteiger partial charge on any atom is 0.303 e. The van der Waals surface area contributed by atoms with Crippen molar-refractivity contribution in [2.75, 3.05) is 6.61 Å². The number of hydrogen-bond donors (Lipinski definition) is 1. The van der Waals surface area contributed by atoms with Crippen molar-refractivity contribution < 1.29 is 19.4 Å². The van der Waals surface area contributed by atoms with Gasteiger partial charge in [-0.15, -0.1) is 0 Å². The van der Waals surface area contributed by atoms with Gasteiger partial charge in [-0.3, -0.25) is 4.79 Å². The van der Waals surface area contributed by atoms with Crippen molar-refractivity contribution in [1.29, 1.82) is 0 Å². The van der Waals surface area contributed by atoms with Crippen LogP contribution in [0.3, 0.4) is 0 Å². The number of carbonyl (C=O) groups is 1. The SMILES string of the molecule is CCCCCCCCCCC1COC(C)(CCC(=O)O)O1. The molecule has 0 amide bonds. The molecule has 0 aromatic carbocycles. The van der Waals surface area contributed by atoms with E-state index >= 15 is 0 Å². The summed E-state index contributed by atoms with van der Waals surface area (Å²) in [5.41, 5.74) is 0. The van der Waals surface area contributed by atoms with Crippen LogP contribution in [0.1, 0.15) is 84.5 Å². The van der Waals surface area contributed by atoms with E-state index in [1.807, 2.05) is 6.92 Å². The topological polar surface area (TPSA) is 55.8 Å². The molecule has 2 atom stereocenters. The summed E-state index contributed by atoms with van der Waals surface area (Å²) < 4.78 is 11.5. The van der Waals surface area contributed by atoms with Crippen LogP contribution < -0.4 is 0 Å². The lowest BCUT2D eigenvalue weighted by Gasteiger charge is -2.22. The molecular weight excluding hydrogens is 268 g/mol. The predicted molar refractivity (Wildman–Crippen MR) is 83.3 cm³/mol. The summed E-state index contributed by atoms with van der Waals surface area (Å²) in [6.45, 7) is 4.70. The van der Waals surface area contributed by atoms with Crippen LogP contribution in [0, 0.1) is 0 Å². The Morgan fingerprint density at radius 2 is 1.76 bits per heavy atom. The molecule has 1 aliphatic rings. The van der Waals surface area contributed by atoms with Crippen LogP contribution in [0.15, 0.2) is 0 Å². The molecular formula is C17H32O4. The van der Waals surface area contributed by atoms with Crippen molar-refractivity contribution in [2.45, 2.75) is 96.4 Å². The lowest BCUT2D eigenvalue weighted by atomic mass is 10.1. The average molecular weight is 300 g/mol. The Morgan fingerprint density at radius 3 is 2.38 bits per heavy atom. The highest BCUT2D eigenvalue weighted by atomic mass is 16.7. The first-order valence-electron chi connectivity index (χ1n) is 8.59. The van der Waals surface area contributed by atoms with Gasteiger partial charge >= 0.3 is 5.97 Å². The predicted octanol–water partition coefficient (Wildman–Crippen LogP) is 4.51. The van der Waals surface area contributed by atoms with Gasteiger partial charge in [0.2, 0.25) is 0 Å². The number of ether oxygens (including phenoxy) is 2. The summed E-state index contributed by atoms with van der Waals surface area (Å²) in [5, 5.41) is 8.72. The van der Waals surface area contributed by atoms with Gasteiger partial charge in [0.05, 0.1) is 19.1 Å². The summed E-state index contributed by atoms with van der Waals surface area (Å²) in [4.78, 5) is 10.6. The van der Waals surface area contributed by atoms with Crippen LogP contribution in [0.2, 0.25) is 0 Å². The normalized spacial score (nSPS) is 25.3. The molecule has 4 heteroatoms. The summed E-state index contributed by atoms with van der Waals surface area (Å²) >= 11 is 0. The standard InChI is InChI=1S/C17H32O4/c1-3-4-5-6-7-8-9-10-11-15-14-20-17(2,21-15)13-12-16(18)19/h15H,3-14H2,1-2H3,(H,18,19). The summed E-state index contributed by atoms with van der Waals surface area (Å²) in [7, 11) is 0. The Labute approximate surface area is 129 Å². The van der Waals surface area contributed by atoms with E-state index in [1.54, 1.807) is 0 Å². The molecule has 0 radical (unpaired) electrons. The van der Waals surface area contributed by atoms with E-state index in [1.165, 1.54) is 51.4 Å². The zero-order valence-electron chi connectivity index (χ0n) is 13.7. The lowest BCUT2D eigenvalue weighted by Crippen LogP contribution is -2.27. The number of carboxylic acids is 1. The Bertz CT molecular complexity index is 293. The molecule has 2 unspecified atom stereocenters. The van der Waals surface area contributed by atoms with E-state index in [9.17, 15) is 4.79 Å². The Kier molecular flexibility index (Phi) is 8.93. The zero-order valence-corrected chi connectivity index (χ0v) is 13.7. The zero-order chi connectivity index (χ0) is 15.6. The fourth-order valence-corrected chi connectivity index (χ4v) is 2.80. The average Bonchev–Trinajstić information content (AvgIpc) is 2.82. The first-order chi connectivity index (χ1) is 10.1. The van der Waals surface area contributed by atoms with Crippen LogP contribution in [0.4, 0.5) is 0 Å². The van der Waals surface area contributed by atoms with Gasteiger partial charge in [0, 0.05) is 6.42 Å². The van der Waals surface area contributed by atoms with E-state index < -0.39 is 11.8 Å². The first kappa shape index (κ1) is 18.4. The van der Waals surface area contributed by atoms with E-state index in [2.05, 4.69) is 6.92 Å². The van der Waals surface area contributed by atoms with Gasteiger partial charge in [-0.2, -0.15) is 0 Å². The van der Waals surface area contributed by atoms with Crippen molar-refractivity contribution in [3.8, 4) is 0 Å². The number of aliphatic carboxylic acids is 1. The van der Waals surface area contributed by atoms with Gasteiger partial charge in [0.15, 0.2) is 5.79 Å². The van der Waals surface area contributed by atoms with Crippen LogP contribution >= 0.6 is 0 Å². The highest BCUT2D eigenvalue weighted by molar-refractivity contribution is 5.66. The highest BCUT2D eigenvalue weighted by Gasteiger charge is 2.36. The van der Waals surface area contributed by atoms with E-state index in [0.29, 0.717) is 13.0 Å². The monoisotopic (exact) mass is 300 g/mol. The van der Waals surface area contributed by atoms with E-state index in [4.69, 9.17) is 14.6 Å². The second kappa shape index (κ2) is 10.2. The van der Waals surface area contributed by atoms with Gasteiger partial charge in [0.1, 0.15) is 0 Å². The molecule has 1 N–H and O–H groups in total. The van der Waals surface area contributed by atoms with Crippen molar-refractivity contribution in [3.63, 3.8) is 0 Å². The Balaban J connectivity index is 2.00. The largest absolute Gasteiger partial charge is 0.481 e. The number of hydrogen-bond acceptors (Lipinski definition) is 3. The van der Waals surface area contributed by atoms with Gasteiger partial charge < -0.3 is 14.6 Å². The molecule has 0 saturated carbocycles. The molecule has 4 nitrogen and oxygen atoms in total. The molecule has 1 rings (SSSR count). The molecule has 124 valence electrons. The number of rotatable bonds is 12. The fourth-order valence-electron chi connectivity index (χ4n) is 2.80. The molecule has 0 aromatic heterocycles. The molecule has 0 spiro atoms. The van der Waals surface area contributed by atoms with Gasteiger partial charge in [-0.1, -0.05) is 58.3 Å². The van der Waals surface area contributed by atoms with Gasteiger partial charge in [-0.25, -0.2) is 0 Å². The summed E-state index contributed by atoms with van der Waals surface area (Å²) in [6, 6.07) is 0. The number of carboxylic acid groups (broad SMARTS) is 1. The first-order valence-corrected chi connectivity index (χ1v) is 8.59. The van der Waals surface area contributed by atoms with Crippen molar-refractivity contribution in [1.82, 2.24) is 0 Å². The van der Waals surface area contributed by atoms with E-state index in [0.717, 1.165) is 6.42 Å². The fraction of sp³-hybridized carbons (Fsp3) is 0.941. The second-order valence-electron chi connectivity index (χ2n) is 6.34. The molecule has 0 aromatic rings. The minimum atomic E-state index is -0.796. The Hall–Kier alpha value is -0.610. The molecule has 1 aliphatic heterocycles. The van der Waals surface area contributed by atoms with Gasteiger partial charge in [0.25, 0.3) is 0 Å². The second-order valence-corrected chi connectivity index (χ2v) is 6.34. The maximum absolute atomic E-state index is 10.6. The van der Waals surface area contributed by atoms with Crippen molar-refractivity contribution >= 4 is 5.97 Å². The third-order valence-electron chi connectivity index (χ3n) is 4.16. The highest BCUT2D eigenvalue weighted by Crippen LogP contribution is 2.30. The lowest BCUT2D eigenvalue weighted by molar-refractivity contribution is -0.166. The Morgan fingerprint density at radius 1 is 1.14 bits per heavy atom. The van der Waals surface area contributed by atoms with Crippen LogP contribution in [0.5, 0.6) is 0 Å². The minimum Gasteiger partial charge on any atom is -0.481 e. The smallest absolute Gasteiger partial charge is 0.303 e. The van der Waals surface area contributed by atoms with Crippen LogP contribution in [0.25, 0.3) is 0 Å². The molecule has 21 heavy (non-hydrogen) atoms. The summed E-state index contributed by atoms with van der Waals surface area (Å²) in [6.07, 6.45) is 12.2. The number of unbranched alkanes of at least 4 members (excludes halogenated alkanes) is 7. The third-order valence-corrected chi connectivity index (χ3v) is 4.16. The maximum atomic E-state index is 10.6.